The van der Waals surface area contributed by atoms with Crippen LogP contribution in [0.25, 0.3) is 0 Å². The first-order valence-corrected chi connectivity index (χ1v) is 4.86. The predicted molar refractivity (Wildman–Crippen MR) is 59.1 cm³/mol. The Hall–Kier alpha value is -1.56. The second-order valence-electron chi connectivity index (χ2n) is 4.72. The lowest BCUT2D eigenvalue weighted by atomic mass is 9.97. The molecule has 0 spiro atoms. The van der Waals surface area contributed by atoms with Crippen molar-refractivity contribution in [1.29, 1.82) is 5.26 Å². The minimum atomic E-state index is -0.377. The smallest absolute Gasteiger partial charge is 0.147 e. The summed E-state index contributed by atoms with van der Waals surface area (Å²) < 4.78 is 13.4. The zero-order valence-electron chi connectivity index (χ0n) is 9.26. The average molecular weight is 206 g/mol. The summed E-state index contributed by atoms with van der Waals surface area (Å²) in [4.78, 5) is 0. The van der Waals surface area contributed by atoms with Crippen LogP contribution in [0.2, 0.25) is 0 Å². The normalized spacial score (nSPS) is 10.9. The lowest BCUT2D eigenvalue weighted by molar-refractivity contribution is 0.442. The highest BCUT2D eigenvalue weighted by Gasteiger charge is 2.11. The summed E-state index contributed by atoms with van der Waals surface area (Å²) in [5.74, 6) is -0.377. The minimum absolute atomic E-state index is 0.0976. The van der Waals surface area contributed by atoms with E-state index in [1.54, 1.807) is 12.1 Å². The van der Waals surface area contributed by atoms with E-state index in [4.69, 9.17) is 5.26 Å². The van der Waals surface area contributed by atoms with Gasteiger partial charge in [0.25, 0.3) is 0 Å². The third-order valence-electron chi connectivity index (χ3n) is 1.91. The molecular weight excluding hydrogens is 191 g/mol. The molecule has 0 amide bonds. The van der Waals surface area contributed by atoms with Crippen molar-refractivity contribution in [3.8, 4) is 6.07 Å². The van der Waals surface area contributed by atoms with Crippen molar-refractivity contribution in [3.05, 3.63) is 29.6 Å². The molecule has 1 aromatic carbocycles. The third-order valence-corrected chi connectivity index (χ3v) is 1.91. The van der Waals surface area contributed by atoms with Gasteiger partial charge in [0, 0.05) is 6.54 Å². The van der Waals surface area contributed by atoms with Gasteiger partial charge >= 0.3 is 0 Å². The maximum atomic E-state index is 13.4. The molecule has 0 saturated heterocycles. The number of rotatable bonds is 2. The molecule has 0 unspecified atom stereocenters. The van der Waals surface area contributed by atoms with Gasteiger partial charge in [0.1, 0.15) is 5.82 Å². The maximum Gasteiger partial charge on any atom is 0.147 e. The van der Waals surface area contributed by atoms with Gasteiger partial charge in [-0.15, -0.1) is 0 Å². The quantitative estimate of drug-likeness (QED) is 0.806. The molecule has 0 saturated carbocycles. The predicted octanol–water partition coefficient (Wildman–Crippen LogP) is 3.16. The second kappa shape index (κ2) is 4.31. The van der Waals surface area contributed by atoms with Crippen molar-refractivity contribution in [2.45, 2.75) is 20.8 Å². The lowest BCUT2D eigenvalue weighted by Crippen LogP contribution is -2.19. The van der Waals surface area contributed by atoms with Gasteiger partial charge in [-0.3, -0.25) is 0 Å². The SMILES string of the molecule is CC(C)(C)CNc1ccc(C#N)cc1F. The largest absolute Gasteiger partial charge is 0.382 e. The first kappa shape index (κ1) is 11.5. The van der Waals surface area contributed by atoms with E-state index < -0.39 is 0 Å². The van der Waals surface area contributed by atoms with Crippen LogP contribution >= 0.6 is 0 Å². The second-order valence-corrected chi connectivity index (χ2v) is 4.72. The van der Waals surface area contributed by atoms with Crippen molar-refractivity contribution >= 4 is 5.69 Å². The number of nitrogens with zero attached hydrogens (tertiary/aromatic N) is 1. The minimum Gasteiger partial charge on any atom is -0.382 e. The topological polar surface area (TPSA) is 35.8 Å². The summed E-state index contributed by atoms with van der Waals surface area (Å²) in [5, 5.41) is 11.6. The Balaban J connectivity index is 2.76. The zero-order valence-corrected chi connectivity index (χ0v) is 9.26. The first-order chi connectivity index (χ1) is 6.92. The van der Waals surface area contributed by atoms with Crippen LogP contribution in [0.4, 0.5) is 10.1 Å². The number of halogens is 1. The van der Waals surface area contributed by atoms with Gasteiger partial charge in [-0.1, -0.05) is 20.8 Å². The number of nitrogens with one attached hydrogen (secondary N) is 1. The van der Waals surface area contributed by atoms with E-state index in [1.807, 2.05) is 6.07 Å². The molecule has 0 atom stereocenters. The Labute approximate surface area is 89.7 Å². The fourth-order valence-corrected chi connectivity index (χ4v) is 1.09. The fraction of sp³-hybridized carbons (Fsp3) is 0.417. The third kappa shape index (κ3) is 3.59. The van der Waals surface area contributed by atoms with Crippen molar-refractivity contribution in [3.63, 3.8) is 0 Å². The molecule has 0 fully saturated rings. The Kier molecular flexibility index (Phi) is 3.31. The highest BCUT2D eigenvalue weighted by molar-refractivity contribution is 5.48. The van der Waals surface area contributed by atoms with E-state index >= 15 is 0 Å². The Bertz CT molecular complexity index is 386. The number of anilines is 1. The van der Waals surface area contributed by atoms with E-state index in [9.17, 15) is 4.39 Å². The summed E-state index contributed by atoms with van der Waals surface area (Å²) in [6.07, 6.45) is 0. The van der Waals surface area contributed by atoms with Crippen LogP contribution < -0.4 is 5.32 Å². The summed E-state index contributed by atoms with van der Waals surface area (Å²) in [5.41, 5.74) is 0.887. The Morgan fingerprint density at radius 1 is 1.40 bits per heavy atom. The number of benzene rings is 1. The van der Waals surface area contributed by atoms with Crippen LogP contribution in [0.5, 0.6) is 0 Å². The van der Waals surface area contributed by atoms with Gasteiger partial charge in [0.2, 0.25) is 0 Å². The molecule has 0 aliphatic rings. The molecule has 0 bridgehead atoms. The van der Waals surface area contributed by atoms with Crippen LogP contribution in [0.15, 0.2) is 18.2 Å². The van der Waals surface area contributed by atoms with Crippen LogP contribution in [0, 0.1) is 22.6 Å². The molecule has 0 radical (unpaired) electrons. The van der Waals surface area contributed by atoms with Gasteiger partial charge in [0.05, 0.1) is 17.3 Å². The van der Waals surface area contributed by atoms with Crippen molar-refractivity contribution in [2.24, 2.45) is 5.41 Å². The molecule has 1 rings (SSSR count). The van der Waals surface area contributed by atoms with Gasteiger partial charge < -0.3 is 5.32 Å². The molecule has 0 aliphatic carbocycles. The van der Waals surface area contributed by atoms with Gasteiger partial charge in [0.15, 0.2) is 0 Å². The molecule has 80 valence electrons. The van der Waals surface area contributed by atoms with Crippen molar-refractivity contribution in [1.82, 2.24) is 0 Å². The number of hydrogen-bond acceptors (Lipinski definition) is 2. The standard InChI is InChI=1S/C12H15FN2/c1-12(2,3)8-15-11-5-4-9(7-14)6-10(11)13/h4-6,15H,8H2,1-3H3. The maximum absolute atomic E-state index is 13.4. The monoisotopic (exact) mass is 206 g/mol. The van der Waals surface area contributed by atoms with Crippen molar-refractivity contribution < 1.29 is 4.39 Å². The molecule has 1 N–H and O–H groups in total. The van der Waals surface area contributed by atoms with E-state index in [1.165, 1.54) is 6.07 Å². The van der Waals surface area contributed by atoms with Gasteiger partial charge in [-0.2, -0.15) is 5.26 Å². The molecule has 0 aromatic heterocycles. The zero-order chi connectivity index (χ0) is 11.5. The van der Waals surface area contributed by atoms with Crippen LogP contribution in [0.1, 0.15) is 26.3 Å². The number of nitriles is 1. The van der Waals surface area contributed by atoms with Gasteiger partial charge in [-0.05, 0) is 23.6 Å². The highest BCUT2D eigenvalue weighted by Crippen LogP contribution is 2.19. The van der Waals surface area contributed by atoms with Crippen LogP contribution in [-0.2, 0) is 0 Å². The molecule has 0 aliphatic heterocycles. The van der Waals surface area contributed by atoms with E-state index in [0.717, 1.165) is 0 Å². The molecule has 0 heterocycles. The molecule has 1 aromatic rings. The van der Waals surface area contributed by atoms with Crippen molar-refractivity contribution in [2.75, 3.05) is 11.9 Å². The summed E-state index contributed by atoms with van der Waals surface area (Å²) in [7, 11) is 0. The van der Waals surface area contributed by atoms with E-state index in [0.29, 0.717) is 17.8 Å². The Morgan fingerprint density at radius 2 is 2.07 bits per heavy atom. The summed E-state index contributed by atoms with van der Waals surface area (Å²) >= 11 is 0. The fourth-order valence-electron chi connectivity index (χ4n) is 1.09. The molecule has 2 nitrogen and oxygen atoms in total. The van der Waals surface area contributed by atoms with Crippen LogP contribution in [-0.4, -0.2) is 6.54 Å². The summed E-state index contributed by atoms with van der Waals surface area (Å²) in [6, 6.07) is 6.34. The first-order valence-electron chi connectivity index (χ1n) is 4.86. The average Bonchev–Trinajstić information content (AvgIpc) is 2.14. The van der Waals surface area contributed by atoms with Crippen LogP contribution in [0.3, 0.4) is 0 Å². The molecular formula is C12H15FN2. The molecule has 15 heavy (non-hydrogen) atoms. The molecule has 3 heteroatoms. The number of hydrogen-bond donors (Lipinski definition) is 1. The van der Waals surface area contributed by atoms with E-state index in [2.05, 4.69) is 26.1 Å². The van der Waals surface area contributed by atoms with Gasteiger partial charge in [-0.25, -0.2) is 4.39 Å². The summed E-state index contributed by atoms with van der Waals surface area (Å²) in [6.45, 7) is 6.90. The van der Waals surface area contributed by atoms with E-state index in [-0.39, 0.29) is 11.2 Å². The highest BCUT2D eigenvalue weighted by atomic mass is 19.1. The Morgan fingerprint density at radius 3 is 2.53 bits per heavy atom. The lowest BCUT2D eigenvalue weighted by Gasteiger charge is -2.19.